The Morgan fingerprint density at radius 3 is 2.52 bits per heavy atom. The summed E-state index contributed by atoms with van der Waals surface area (Å²) in [7, 11) is 0. The van der Waals surface area contributed by atoms with E-state index in [2.05, 4.69) is 15.5 Å². The summed E-state index contributed by atoms with van der Waals surface area (Å²) in [5.41, 5.74) is -3.35. The number of nitrogens with zero attached hydrogens (tertiary/aromatic N) is 1. The SMILES string of the molecule is CCC1C(=O)Nc2[nH]nc(-c3ccccc3)c2C1(O)C(F)(F)F. The Morgan fingerprint density at radius 2 is 1.96 bits per heavy atom. The maximum absolute atomic E-state index is 13.7. The van der Waals surface area contributed by atoms with Crippen molar-refractivity contribution in [3.63, 3.8) is 0 Å². The van der Waals surface area contributed by atoms with E-state index in [1.807, 2.05) is 0 Å². The van der Waals surface area contributed by atoms with Gasteiger partial charge in [0.1, 0.15) is 11.5 Å². The van der Waals surface area contributed by atoms with Gasteiger partial charge in [-0.05, 0) is 6.42 Å². The van der Waals surface area contributed by atoms with Crippen LogP contribution >= 0.6 is 0 Å². The zero-order valence-corrected chi connectivity index (χ0v) is 12.1. The standard InChI is InChI=1S/C15H14F3N3O2/c1-2-9-13(22)19-12-10(14(9,23)15(16,17)18)11(20-21-12)8-6-4-3-5-7-8/h3-7,9,23H,2H2,1H3,(H2,19,20,21,22). The number of rotatable bonds is 2. The van der Waals surface area contributed by atoms with E-state index in [1.165, 1.54) is 6.92 Å². The van der Waals surface area contributed by atoms with Crippen LogP contribution < -0.4 is 5.32 Å². The number of carbonyl (C=O) groups is 1. The normalized spacial score (nSPS) is 24.2. The van der Waals surface area contributed by atoms with Gasteiger partial charge in [0, 0.05) is 5.56 Å². The fraction of sp³-hybridized carbons (Fsp3) is 0.333. The van der Waals surface area contributed by atoms with Crippen LogP contribution in [0.2, 0.25) is 0 Å². The van der Waals surface area contributed by atoms with Crippen molar-refractivity contribution in [3.05, 3.63) is 35.9 Å². The fourth-order valence-electron chi connectivity index (χ4n) is 3.00. The average molecular weight is 325 g/mol. The van der Waals surface area contributed by atoms with Gasteiger partial charge in [-0.15, -0.1) is 0 Å². The summed E-state index contributed by atoms with van der Waals surface area (Å²) in [5.74, 6) is -2.75. The van der Waals surface area contributed by atoms with Crippen molar-refractivity contribution in [1.29, 1.82) is 0 Å². The fourth-order valence-corrected chi connectivity index (χ4v) is 3.00. The highest BCUT2D eigenvalue weighted by molar-refractivity contribution is 5.98. The van der Waals surface area contributed by atoms with Gasteiger partial charge in [0.25, 0.3) is 0 Å². The minimum atomic E-state index is -5.02. The van der Waals surface area contributed by atoms with Crippen molar-refractivity contribution in [3.8, 4) is 11.3 Å². The molecule has 1 aromatic heterocycles. The quantitative estimate of drug-likeness (QED) is 0.794. The molecule has 5 nitrogen and oxygen atoms in total. The van der Waals surface area contributed by atoms with E-state index in [-0.39, 0.29) is 17.9 Å². The van der Waals surface area contributed by atoms with E-state index >= 15 is 0 Å². The zero-order valence-electron chi connectivity index (χ0n) is 12.1. The lowest BCUT2D eigenvalue weighted by atomic mass is 9.75. The summed E-state index contributed by atoms with van der Waals surface area (Å²) in [6.07, 6.45) is -5.19. The van der Waals surface area contributed by atoms with Crippen molar-refractivity contribution in [2.45, 2.75) is 25.1 Å². The van der Waals surface area contributed by atoms with Crippen LogP contribution in [0.25, 0.3) is 11.3 Å². The van der Waals surface area contributed by atoms with Crippen LogP contribution in [0.5, 0.6) is 0 Å². The number of aromatic nitrogens is 2. The Balaban J connectivity index is 2.29. The number of benzene rings is 1. The van der Waals surface area contributed by atoms with E-state index in [9.17, 15) is 23.1 Å². The predicted molar refractivity (Wildman–Crippen MR) is 76.4 cm³/mol. The number of aliphatic hydroxyl groups is 1. The number of H-pyrrole nitrogens is 1. The van der Waals surface area contributed by atoms with Gasteiger partial charge >= 0.3 is 6.18 Å². The van der Waals surface area contributed by atoms with Gasteiger partial charge in [0.2, 0.25) is 11.5 Å². The van der Waals surface area contributed by atoms with E-state index in [0.717, 1.165) is 0 Å². The van der Waals surface area contributed by atoms with Crippen LogP contribution in [0.3, 0.4) is 0 Å². The maximum atomic E-state index is 13.7. The molecule has 1 aliphatic heterocycles. The van der Waals surface area contributed by atoms with Crippen molar-refractivity contribution in [1.82, 2.24) is 10.2 Å². The van der Waals surface area contributed by atoms with Crippen LogP contribution in [0.15, 0.2) is 30.3 Å². The van der Waals surface area contributed by atoms with Gasteiger partial charge in [-0.25, -0.2) is 0 Å². The largest absolute Gasteiger partial charge is 0.422 e. The van der Waals surface area contributed by atoms with Crippen LogP contribution in [0.4, 0.5) is 19.0 Å². The smallest absolute Gasteiger partial charge is 0.376 e. The second-order valence-electron chi connectivity index (χ2n) is 5.40. The molecule has 2 aromatic rings. The molecule has 8 heteroatoms. The monoisotopic (exact) mass is 325 g/mol. The maximum Gasteiger partial charge on any atom is 0.422 e. The number of nitrogens with one attached hydrogen (secondary N) is 2. The van der Waals surface area contributed by atoms with Gasteiger partial charge in [-0.2, -0.15) is 18.3 Å². The van der Waals surface area contributed by atoms with Gasteiger partial charge in [0.05, 0.1) is 11.5 Å². The molecule has 0 saturated heterocycles. The van der Waals surface area contributed by atoms with E-state index in [0.29, 0.717) is 5.56 Å². The van der Waals surface area contributed by atoms with Gasteiger partial charge in [0.15, 0.2) is 0 Å². The lowest BCUT2D eigenvalue weighted by Gasteiger charge is -2.39. The Bertz CT molecular complexity index is 742. The summed E-state index contributed by atoms with van der Waals surface area (Å²) >= 11 is 0. The summed E-state index contributed by atoms with van der Waals surface area (Å²) in [6.45, 7) is 1.42. The Kier molecular flexibility index (Phi) is 3.44. The number of hydrogen-bond acceptors (Lipinski definition) is 3. The second kappa shape index (κ2) is 5.09. The molecule has 3 N–H and O–H groups in total. The number of aromatic amines is 1. The second-order valence-corrected chi connectivity index (χ2v) is 5.40. The molecular weight excluding hydrogens is 311 g/mol. The lowest BCUT2D eigenvalue weighted by Crippen LogP contribution is -2.55. The molecule has 23 heavy (non-hydrogen) atoms. The lowest BCUT2D eigenvalue weighted by molar-refractivity contribution is -0.284. The first-order chi connectivity index (χ1) is 10.8. The third-order valence-electron chi connectivity index (χ3n) is 4.10. The Morgan fingerprint density at radius 1 is 1.30 bits per heavy atom. The number of hydrogen-bond donors (Lipinski definition) is 3. The third kappa shape index (κ3) is 2.13. The number of amides is 1. The number of fused-ring (bicyclic) bond motifs is 1. The Hall–Kier alpha value is -2.35. The molecular formula is C15H14F3N3O2. The first-order valence-electron chi connectivity index (χ1n) is 7.05. The predicted octanol–water partition coefficient (Wildman–Crippen LogP) is 2.80. The van der Waals surface area contributed by atoms with Gasteiger partial charge in [-0.3, -0.25) is 9.89 Å². The van der Waals surface area contributed by atoms with Crippen LogP contribution in [0, 0.1) is 5.92 Å². The first-order valence-corrected chi connectivity index (χ1v) is 7.05. The van der Waals surface area contributed by atoms with Gasteiger partial charge in [-0.1, -0.05) is 37.3 Å². The third-order valence-corrected chi connectivity index (χ3v) is 4.10. The molecule has 0 saturated carbocycles. The molecule has 2 atom stereocenters. The van der Waals surface area contributed by atoms with Crippen molar-refractivity contribution in [2.75, 3.05) is 5.32 Å². The molecule has 1 aliphatic rings. The number of alkyl halides is 3. The molecule has 0 bridgehead atoms. The van der Waals surface area contributed by atoms with E-state index in [4.69, 9.17) is 0 Å². The highest BCUT2D eigenvalue weighted by atomic mass is 19.4. The molecule has 122 valence electrons. The summed E-state index contributed by atoms with van der Waals surface area (Å²) in [5, 5.41) is 19.2. The zero-order chi connectivity index (χ0) is 16.8. The molecule has 2 heterocycles. The summed E-state index contributed by atoms with van der Waals surface area (Å²) < 4.78 is 41.1. The number of halogens is 3. The average Bonchev–Trinajstić information content (AvgIpc) is 2.91. The molecule has 0 spiro atoms. The highest BCUT2D eigenvalue weighted by Crippen LogP contribution is 2.52. The topological polar surface area (TPSA) is 78.0 Å². The first kappa shape index (κ1) is 15.5. The van der Waals surface area contributed by atoms with Crippen LogP contribution in [-0.2, 0) is 10.4 Å². The highest BCUT2D eigenvalue weighted by Gasteiger charge is 2.65. The molecule has 0 fully saturated rings. The molecule has 1 amide bonds. The van der Waals surface area contributed by atoms with Gasteiger partial charge < -0.3 is 10.4 Å². The molecule has 3 rings (SSSR count). The number of anilines is 1. The minimum absolute atomic E-state index is 0.0288. The van der Waals surface area contributed by atoms with E-state index < -0.39 is 29.2 Å². The van der Waals surface area contributed by atoms with Crippen LogP contribution in [0.1, 0.15) is 18.9 Å². The van der Waals surface area contributed by atoms with Crippen LogP contribution in [-0.4, -0.2) is 27.4 Å². The molecule has 0 radical (unpaired) electrons. The van der Waals surface area contributed by atoms with E-state index in [1.54, 1.807) is 30.3 Å². The molecule has 1 aromatic carbocycles. The van der Waals surface area contributed by atoms with Crippen molar-refractivity contribution in [2.24, 2.45) is 5.92 Å². The molecule has 0 aliphatic carbocycles. The summed E-state index contributed by atoms with van der Waals surface area (Å²) in [4.78, 5) is 12.0. The van der Waals surface area contributed by atoms with Crippen molar-refractivity contribution >= 4 is 11.7 Å². The molecule has 2 unspecified atom stereocenters. The minimum Gasteiger partial charge on any atom is -0.376 e. The Labute approximate surface area is 129 Å². The van der Waals surface area contributed by atoms with Crippen molar-refractivity contribution < 1.29 is 23.1 Å². The summed E-state index contributed by atoms with van der Waals surface area (Å²) in [6, 6.07) is 8.20. The number of carbonyl (C=O) groups excluding carboxylic acids is 1.